The summed E-state index contributed by atoms with van der Waals surface area (Å²) in [6.07, 6.45) is 3.67. The predicted molar refractivity (Wildman–Crippen MR) is 116 cm³/mol. The summed E-state index contributed by atoms with van der Waals surface area (Å²) in [5.41, 5.74) is 1.17. The number of carbonyl (C=O) groups excluding carboxylic acids is 1. The number of benzene rings is 1. The molecular weight excluding hydrogens is 370 g/mol. The van der Waals surface area contributed by atoms with Crippen molar-refractivity contribution in [2.45, 2.75) is 53.4 Å². The number of nitrogens with zero attached hydrogens (tertiary/aromatic N) is 1. The molecule has 6 heteroatoms. The fraction of sp³-hybridized carbons (Fsp3) is 0.565. The van der Waals surface area contributed by atoms with Crippen molar-refractivity contribution in [3.05, 3.63) is 34.7 Å². The van der Waals surface area contributed by atoms with Crippen molar-refractivity contribution in [2.24, 2.45) is 5.92 Å². The topological polar surface area (TPSA) is 69.0 Å². The number of ether oxygens (including phenoxy) is 2. The Morgan fingerprint density at radius 2 is 1.72 bits per heavy atom. The number of esters is 1. The normalized spacial score (nSPS) is 11.1. The van der Waals surface area contributed by atoms with Crippen LogP contribution in [0.1, 0.15) is 53.4 Å². The lowest BCUT2D eigenvalue weighted by molar-refractivity contribution is -0.147. The molecule has 0 aliphatic heterocycles. The molecule has 1 aromatic heterocycles. The summed E-state index contributed by atoms with van der Waals surface area (Å²) in [6, 6.07) is 7.28. The van der Waals surface area contributed by atoms with Gasteiger partial charge in [-0.1, -0.05) is 13.8 Å². The van der Waals surface area contributed by atoms with Gasteiger partial charge in [-0.25, -0.2) is 4.79 Å². The molecule has 1 aromatic carbocycles. The van der Waals surface area contributed by atoms with E-state index >= 15 is 0 Å². The fourth-order valence-electron chi connectivity index (χ4n) is 3.11. The van der Waals surface area contributed by atoms with Gasteiger partial charge in [-0.3, -0.25) is 4.79 Å². The van der Waals surface area contributed by atoms with E-state index in [1.165, 1.54) is 6.07 Å². The molecule has 0 radical (unpaired) electrons. The number of rotatable bonds is 12. The first-order valence-corrected chi connectivity index (χ1v) is 10.6. The Kier molecular flexibility index (Phi) is 9.03. The molecule has 2 rings (SSSR count). The second-order valence-electron chi connectivity index (χ2n) is 7.37. The van der Waals surface area contributed by atoms with Crippen LogP contribution in [0.4, 0.5) is 5.69 Å². The number of anilines is 1. The molecule has 0 saturated carbocycles. The van der Waals surface area contributed by atoms with E-state index in [9.17, 15) is 9.59 Å². The summed E-state index contributed by atoms with van der Waals surface area (Å²) in [5.74, 6) is 0.338. The van der Waals surface area contributed by atoms with Crippen LogP contribution in [-0.4, -0.2) is 32.3 Å². The Balaban J connectivity index is 1.85. The van der Waals surface area contributed by atoms with Crippen molar-refractivity contribution in [3.63, 3.8) is 0 Å². The maximum atomic E-state index is 11.9. The maximum Gasteiger partial charge on any atom is 0.339 e. The first-order chi connectivity index (χ1) is 14.0. The molecule has 160 valence electrons. The largest absolute Gasteiger partial charge is 0.493 e. The van der Waals surface area contributed by atoms with Crippen molar-refractivity contribution in [1.82, 2.24) is 0 Å². The summed E-state index contributed by atoms with van der Waals surface area (Å²) >= 11 is 0. The van der Waals surface area contributed by atoms with E-state index in [4.69, 9.17) is 13.9 Å². The Morgan fingerprint density at radius 1 is 1.03 bits per heavy atom. The minimum Gasteiger partial charge on any atom is -0.493 e. The van der Waals surface area contributed by atoms with Gasteiger partial charge in [0.2, 0.25) is 0 Å². The Hall–Kier alpha value is -2.50. The highest BCUT2D eigenvalue weighted by Crippen LogP contribution is 2.28. The van der Waals surface area contributed by atoms with E-state index in [1.54, 1.807) is 0 Å². The molecule has 0 unspecified atom stereocenters. The van der Waals surface area contributed by atoms with Crippen molar-refractivity contribution < 1.29 is 18.7 Å². The predicted octanol–water partition coefficient (Wildman–Crippen LogP) is 4.78. The zero-order valence-electron chi connectivity index (χ0n) is 18.0. The molecule has 0 bridgehead atoms. The fourth-order valence-corrected chi connectivity index (χ4v) is 3.11. The quantitative estimate of drug-likeness (QED) is 0.289. The van der Waals surface area contributed by atoms with E-state index in [2.05, 4.69) is 18.7 Å². The third-order valence-corrected chi connectivity index (χ3v) is 4.83. The first kappa shape index (κ1) is 22.8. The molecule has 0 aliphatic rings. The van der Waals surface area contributed by atoms with Crippen LogP contribution >= 0.6 is 0 Å². The number of carbonyl (C=O) groups is 1. The van der Waals surface area contributed by atoms with Crippen LogP contribution in [0.5, 0.6) is 5.75 Å². The first-order valence-electron chi connectivity index (χ1n) is 10.6. The molecule has 0 fully saturated rings. The van der Waals surface area contributed by atoms with E-state index in [1.807, 2.05) is 32.0 Å². The van der Waals surface area contributed by atoms with Crippen molar-refractivity contribution >= 4 is 22.6 Å². The molecule has 0 N–H and O–H groups in total. The SMILES string of the molecule is CCN(CC)c1ccc2c(OCCCCCCOC(=O)C(C)C)cc(=O)oc2c1. The van der Waals surface area contributed by atoms with Crippen molar-refractivity contribution in [3.8, 4) is 5.75 Å². The van der Waals surface area contributed by atoms with Gasteiger partial charge in [0.05, 0.1) is 30.6 Å². The summed E-state index contributed by atoms with van der Waals surface area (Å²) in [6.45, 7) is 10.6. The van der Waals surface area contributed by atoms with Crippen LogP contribution in [-0.2, 0) is 9.53 Å². The molecule has 0 amide bonds. The number of hydrogen-bond donors (Lipinski definition) is 0. The van der Waals surface area contributed by atoms with Gasteiger partial charge < -0.3 is 18.8 Å². The van der Waals surface area contributed by atoms with Crippen LogP contribution in [0.25, 0.3) is 11.0 Å². The lowest BCUT2D eigenvalue weighted by atomic mass is 10.2. The van der Waals surface area contributed by atoms with Gasteiger partial charge in [0.25, 0.3) is 0 Å². The van der Waals surface area contributed by atoms with Crippen LogP contribution in [0, 0.1) is 5.92 Å². The van der Waals surface area contributed by atoms with Crippen LogP contribution in [0.3, 0.4) is 0 Å². The number of unbranched alkanes of at least 4 members (excludes halogenated alkanes) is 3. The van der Waals surface area contributed by atoms with Crippen LogP contribution < -0.4 is 15.3 Å². The third-order valence-electron chi connectivity index (χ3n) is 4.83. The molecule has 0 saturated heterocycles. The van der Waals surface area contributed by atoms with Gasteiger partial charge in [0, 0.05) is 24.8 Å². The second-order valence-corrected chi connectivity index (χ2v) is 7.37. The highest BCUT2D eigenvalue weighted by molar-refractivity contribution is 5.86. The molecule has 6 nitrogen and oxygen atoms in total. The van der Waals surface area contributed by atoms with E-state index in [0.717, 1.165) is 49.8 Å². The summed E-state index contributed by atoms with van der Waals surface area (Å²) in [5, 5.41) is 0.807. The molecule has 0 aliphatic carbocycles. The van der Waals surface area contributed by atoms with Gasteiger partial charge in [-0.15, -0.1) is 0 Å². The van der Waals surface area contributed by atoms with Crippen LogP contribution in [0.15, 0.2) is 33.5 Å². The van der Waals surface area contributed by atoms with Gasteiger partial charge in [0.1, 0.15) is 11.3 Å². The van der Waals surface area contributed by atoms with Crippen molar-refractivity contribution in [2.75, 3.05) is 31.2 Å². The number of hydrogen-bond acceptors (Lipinski definition) is 6. The van der Waals surface area contributed by atoms with Crippen molar-refractivity contribution in [1.29, 1.82) is 0 Å². The second kappa shape index (κ2) is 11.5. The maximum absolute atomic E-state index is 11.9. The molecular formula is C23H33NO5. The Labute approximate surface area is 172 Å². The zero-order valence-corrected chi connectivity index (χ0v) is 18.0. The Bertz CT molecular complexity index is 839. The van der Waals surface area contributed by atoms with Gasteiger partial charge in [-0.2, -0.15) is 0 Å². The zero-order chi connectivity index (χ0) is 21.2. The standard InChI is InChI=1S/C23H33NO5/c1-5-24(6-2)18-11-12-19-20(16-22(25)29-21(19)15-18)27-13-9-7-8-10-14-28-23(26)17(3)4/h11-12,15-17H,5-10,13-14H2,1-4H3. The van der Waals surface area contributed by atoms with Gasteiger partial charge in [-0.05, 0) is 51.7 Å². The summed E-state index contributed by atoms with van der Waals surface area (Å²) in [4.78, 5) is 25.5. The monoisotopic (exact) mass is 403 g/mol. The average Bonchev–Trinajstić information content (AvgIpc) is 2.70. The summed E-state index contributed by atoms with van der Waals surface area (Å²) in [7, 11) is 0. The Morgan fingerprint density at radius 3 is 2.38 bits per heavy atom. The molecule has 0 atom stereocenters. The highest BCUT2D eigenvalue weighted by atomic mass is 16.5. The van der Waals surface area contributed by atoms with Crippen LogP contribution in [0.2, 0.25) is 0 Å². The minimum absolute atomic E-state index is 0.0789. The van der Waals surface area contributed by atoms with Gasteiger partial charge >= 0.3 is 11.6 Å². The highest BCUT2D eigenvalue weighted by Gasteiger charge is 2.10. The minimum atomic E-state index is -0.406. The van der Waals surface area contributed by atoms with Gasteiger partial charge in [0.15, 0.2) is 0 Å². The molecule has 29 heavy (non-hydrogen) atoms. The number of fused-ring (bicyclic) bond motifs is 1. The third kappa shape index (κ3) is 6.80. The lowest BCUT2D eigenvalue weighted by Gasteiger charge is -2.21. The molecule has 0 spiro atoms. The van der Waals surface area contributed by atoms with E-state index in [0.29, 0.717) is 24.5 Å². The van der Waals surface area contributed by atoms with E-state index < -0.39 is 5.63 Å². The molecule has 1 heterocycles. The average molecular weight is 404 g/mol. The lowest BCUT2D eigenvalue weighted by Crippen LogP contribution is -2.21. The smallest absolute Gasteiger partial charge is 0.339 e. The van der Waals surface area contributed by atoms with E-state index in [-0.39, 0.29) is 11.9 Å². The summed E-state index contributed by atoms with van der Waals surface area (Å²) < 4.78 is 16.4. The molecule has 2 aromatic rings.